The molecule has 0 aliphatic carbocycles. The number of rotatable bonds is 3. The Kier molecular flexibility index (Phi) is 5.37. The van der Waals surface area contributed by atoms with E-state index in [9.17, 15) is 31.1 Å². The Bertz CT molecular complexity index is 1280. The zero-order chi connectivity index (χ0) is 23.3. The minimum Gasteiger partial charge on any atom is -0.289 e. The molecule has 1 N–H and O–H groups in total. The van der Waals surface area contributed by atoms with Crippen molar-refractivity contribution in [1.29, 1.82) is 0 Å². The lowest BCUT2D eigenvalue weighted by molar-refractivity contribution is -0.143. The van der Waals surface area contributed by atoms with Crippen molar-refractivity contribution >= 4 is 39.8 Å². The molecule has 2 aromatic carbocycles. The fraction of sp³-hybridized carbons (Fsp3) is 0.105. The van der Waals surface area contributed by atoms with Crippen LogP contribution >= 0.6 is 22.9 Å². The maximum atomic E-state index is 13.0. The van der Waals surface area contributed by atoms with E-state index >= 15 is 0 Å². The maximum absolute atomic E-state index is 13.0. The molecule has 0 radical (unpaired) electrons. The van der Waals surface area contributed by atoms with Gasteiger partial charge in [0, 0.05) is 21.5 Å². The molecular formula is C19H9ClF6N4OS. The van der Waals surface area contributed by atoms with Crippen LogP contribution in [0.3, 0.4) is 0 Å². The quantitative estimate of drug-likeness (QED) is 0.338. The van der Waals surface area contributed by atoms with Gasteiger partial charge in [0.1, 0.15) is 0 Å². The first kappa shape index (κ1) is 22.1. The lowest BCUT2D eigenvalue weighted by Crippen LogP contribution is -2.17. The Balaban J connectivity index is 1.66. The average Bonchev–Trinajstić information content (AvgIpc) is 3.27. The normalized spacial score (nSPS) is 12.3. The van der Waals surface area contributed by atoms with E-state index in [-0.39, 0.29) is 12.0 Å². The van der Waals surface area contributed by atoms with Gasteiger partial charge in [-0.15, -0.1) is 16.4 Å². The van der Waals surface area contributed by atoms with Crippen LogP contribution in [0.5, 0.6) is 0 Å². The highest BCUT2D eigenvalue weighted by Crippen LogP contribution is 2.36. The first-order valence-electron chi connectivity index (χ1n) is 8.63. The monoisotopic (exact) mass is 490 g/mol. The second-order valence-corrected chi connectivity index (χ2v) is 7.78. The Morgan fingerprint density at radius 2 is 1.56 bits per heavy atom. The minimum atomic E-state index is -5.07. The highest BCUT2D eigenvalue weighted by atomic mass is 35.5. The molecular weight excluding hydrogens is 482 g/mol. The Morgan fingerprint density at radius 1 is 0.969 bits per heavy atom. The molecule has 0 atom stereocenters. The van der Waals surface area contributed by atoms with Crippen LogP contribution in [0.25, 0.3) is 16.2 Å². The first-order chi connectivity index (χ1) is 14.9. The number of aromatic nitrogens is 3. The number of benzene rings is 2. The van der Waals surface area contributed by atoms with Crippen molar-refractivity contribution in [2.75, 3.05) is 5.32 Å². The molecule has 0 aliphatic heterocycles. The summed E-state index contributed by atoms with van der Waals surface area (Å²) in [6, 6.07) is 7.39. The molecule has 0 unspecified atom stereocenters. The van der Waals surface area contributed by atoms with E-state index in [0.29, 0.717) is 27.8 Å². The number of alkyl halides is 6. The predicted octanol–water partition coefficient (Wildman–Crippen LogP) is 6.40. The van der Waals surface area contributed by atoms with Gasteiger partial charge in [-0.1, -0.05) is 23.7 Å². The number of halogens is 7. The molecule has 166 valence electrons. The van der Waals surface area contributed by atoms with Crippen molar-refractivity contribution in [3.8, 4) is 11.3 Å². The molecule has 13 heteroatoms. The van der Waals surface area contributed by atoms with Crippen LogP contribution in [-0.2, 0) is 12.4 Å². The average molecular weight is 491 g/mol. The zero-order valence-electron chi connectivity index (χ0n) is 15.4. The molecule has 0 bridgehead atoms. The van der Waals surface area contributed by atoms with Gasteiger partial charge in [0.25, 0.3) is 11.9 Å². The predicted molar refractivity (Wildman–Crippen MR) is 106 cm³/mol. The third-order valence-corrected chi connectivity index (χ3v) is 5.36. The second-order valence-electron chi connectivity index (χ2n) is 6.51. The molecule has 5 nitrogen and oxygen atoms in total. The number of nitrogens with one attached hydrogen (secondary N) is 1. The number of carbonyl (C=O) groups is 1. The SMILES string of the molecule is O=C(Nc1nc2scc(-c3ccc(Cl)cc3)n2n1)c1cc(C(F)(F)F)cc(C(F)(F)F)c1. The van der Waals surface area contributed by atoms with E-state index < -0.39 is 35.0 Å². The summed E-state index contributed by atoms with van der Waals surface area (Å²) in [5, 5.41) is 8.50. The van der Waals surface area contributed by atoms with E-state index in [1.165, 1.54) is 15.9 Å². The van der Waals surface area contributed by atoms with Crippen LogP contribution < -0.4 is 5.32 Å². The van der Waals surface area contributed by atoms with Crippen molar-refractivity contribution < 1.29 is 31.1 Å². The van der Waals surface area contributed by atoms with Gasteiger partial charge in [-0.3, -0.25) is 10.1 Å². The highest BCUT2D eigenvalue weighted by Gasteiger charge is 2.37. The summed E-state index contributed by atoms with van der Waals surface area (Å²) in [5.74, 6) is -1.49. The molecule has 0 spiro atoms. The summed E-state index contributed by atoms with van der Waals surface area (Å²) in [4.78, 5) is 16.8. The van der Waals surface area contributed by atoms with Crippen molar-refractivity contribution in [2.24, 2.45) is 0 Å². The van der Waals surface area contributed by atoms with E-state index in [2.05, 4.69) is 15.4 Å². The summed E-state index contributed by atoms with van der Waals surface area (Å²) in [7, 11) is 0. The largest absolute Gasteiger partial charge is 0.416 e. The van der Waals surface area contributed by atoms with Crippen LogP contribution in [0.1, 0.15) is 21.5 Å². The lowest BCUT2D eigenvalue weighted by Gasteiger charge is -2.13. The van der Waals surface area contributed by atoms with Crippen LogP contribution in [0.2, 0.25) is 5.02 Å². The highest BCUT2D eigenvalue weighted by molar-refractivity contribution is 7.15. The van der Waals surface area contributed by atoms with Gasteiger partial charge in [0.2, 0.25) is 4.96 Å². The van der Waals surface area contributed by atoms with E-state index in [1.54, 1.807) is 29.6 Å². The third-order valence-electron chi connectivity index (χ3n) is 4.30. The van der Waals surface area contributed by atoms with Gasteiger partial charge in [0.15, 0.2) is 0 Å². The minimum absolute atomic E-state index is 0.0555. The lowest BCUT2D eigenvalue weighted by atomic mass is 10.0. The molecule has 4 rings (SSSR count). The van der Waals surface area contributed by atoms with Crippen molar-refractivity contribution in [3.05, 3.63) is 69.6 Å². The first-order valence-corrected chi connectivity index (χ1v) is 9.88. The van der Waals surface area contributed by atoms with E-state index in [0.717, 1.165) is 5.56 Å². The van der Waals surface area contributed by atoms with Gasteiger partial charge in [-0.2, -0.15) is 31.3 Å². The number of fused-ring (bicyclic) bond motifs is 1. The standard InChI is InChI=1S/C19H9ClF6N4OS/c20-13-3-1-9(2-4-13)14-8-32-17-28-16(29-30(14)17)27-15(31)10-5-11(18(21,22)23)7-12(6-10)19(24,25)26/h1-8H,(H,27,29,31). The van der Waals surface area contributed by atoms with Crippen LogP contribution in [0.15, 0.2) is 47.8 Å². The summed E-state index contributed by atoms with van der Waals surface area (Å²) in [6.07, 6.45) is -10.1. The second kappa shape index (κ2) is 7.78. The molecule has 1 amide bonds. The van der Waals surface area contributed by atoms with Crippen LogP contribution in [0.4, 0.5) is 32.3 Å². The molecule has 2 aromatic heterocycles. The zero-order valence-corrected chi connectivity index (χ0v) is 17.0. The van der Waals surface area contributed by atoms with E-state index in [4.69, 9.17) is 11.6 Å². The smallest absolute Gasteiger partial charge is 0.289 e. The molecule has 4 aromatic rings. The van der Waals surface area contributed by atoms with Crippen LogP contribution in [0, 0.1) is 0 Å². The number of hydrogen-bond acceptors (Lipinski definition) is 4. The number of hydrogen-bond donors (Lipinski definition) is 1. The topological polar surface area (TPSA) is 59.3 Å². The van der Waals surface area contributed by atoms with Gasteiger partial charge in [-0.25, -0.2) is 4.52 Å². The Hall–Kier alpha value is -3.12. The molecule has 0 saturated heterocycles. The summed E-state index contributed by atoms with van der Waals surface area (Å²) in [5.41, 5.74) is -2.69. The third kappa shape index (κ3) is 4.41. The van der Waals surface area contributed by atoms with Gasteiger partial charge in [-0.05, 0) is 30.3 Å². The number of anilines is 1. The fourth-order valence-electron chi connectivity index (χ4n) is 2.81. The van der Waals surface area contributed by atoms with Gasteiger partial charge >= 0.3 is 12.4 Å². The van der Waals surface area contributed by atoms with Crippen LogP contribution in [-0.4, -0.2) is 20.5 Å². The van der Waals surface area contributed by atoms with Crippen molar-refractivity contribution in [3.63, 3.8) is 0 Å². The Labute approximate surface area is 184 Å². The molecule has 32 heavy (non-hydrogen) atoms. The van der Waals surface area contributed by atoms with E-state index in [1.807, 2.05) is 0 Å². The number of thiazole rings is 1. The molecule has 0 fully saturated rings. The molecule has 2 heterocycles. The van der Waals surface area contributed by atoms with Crippen molar-refractivity contribution in [1.82, 2.24) is 14.6 Å². The number of amides is 1. The van der Waals surface area contributed by atoms with Gasteiger partial charge < -0.3 is 0 Å². The summed E-state index contributed by atoms with van der Waals surface area (Å²) < 4.78 is 79.5. The fourth-order valence-corrected chi connectivity index (χ4v) is 3.77. The molecule has 0 saturated carbocycles. The summed E-state index contributed by atoms with van der Waals surface area (Å²) >= 11 is 7.04. The number of nitrogens with zero attached hydrogens (tertiary/aromatic N) is 3. The maximum Gasteiger partial charge on any atom is 0.416 e. The van der Waals surface area contributed by atoms with Crippen molar-refractivity contribution in [2.45, 2.75) is 12.4 Å². The molecule has 0 aliphatic rings. The summed E-state index contributed by atoms with van der Waals surface area (Å²) in [6.45, 7) is 0. The number of carbonyl (C=O) groups excluding carboxylic acids is 1. The van der Waals surface area contributed by atoms with Gasteiger partial charge in [0.05, 0.1) is 16.8 Å². The Morgan fingerprint density at radius 3 is 2.12 bits per heavy atom.